The molecule has 1 aliphatic heterocycles. The Bertz CT molecular complexity index is 1060. The van der Waals surface area contributed by atoms with Crippen LogP contribution in [-0.4, -0.2) is 43.7 Å². The molecule has 2 aromatic heterocycles. The van der Waals surface area contributed by atoms with Crippen LogP contribution in [0.25, 0.3) is 5.82 Å². The van der Waals surface area contributed by atoms with Crippen molar-refractivity contribution < 1.29 is 22.4 Å². The Kier molecular flexibility index (Phi) is 5.53. The number of carbonyl (C=O) groups excluding carboxylic acids is 1. The van der Waals surface area contributed by atoms with Gasteiger partial charge in [-0.05, 0) is 31.0 Å². The molecule has 1 saturated heterocycles. The highest BCUT2D eigenvalue weighted by Gasteiger charge is 2.34. The van der Waals surface area contributed by atoms with E-state index >= 15 is 0 Å². The summed E-state index contributed by atoms with van der Waals surface area (Å²) >= 11 is 0. The van der Waals surface area contributed by atoms with E-state index in [2.05, 4.69) is 25.4 Å². The largest absolute Gasteiger partial charge is 0.419 e. The number of nitrogens with one attached hydrogen (secondary N) is 1. The average molecular weight is 435 g/mol. The van der Waals surface area contributed by atoms with E-state index in [1.807, 2.05) is 4.90 Å². The zero-order valence-electron chi connectivity index (χ0n) is 16.1. The van der Waals surface area contributed by atoms with E-state index in [0.29, 0.717) is 49.7 Å². The molecule has 31 heavy (non-hydrogen) atoms. The average Bonchev–Trinajstić information content (AvgIpc) is 3.29. The second-order valence-electron chi connectivity index (χ2n) is 7.02. The van der Waals surface area contributed by atoms with Gasteiger partial charge in [0.15, 0.2) is 5.82 Å². The number of amides is 1. The Balaban J connectivity index is 1.38. The van der Waals surface area contributed by atoms with E-state index in [0.717, 1.165) is 6.07 Å². The molecule has 1 aromatic carbocycles. The van der Waals surface area contributed by atoms with Crippen LogP contribution in [0.2, 0.25) is 0 Å². The predicted octanol–water partition coefficient (Wildman–Crippen LogP) is 3.07. The van der Waals surface area contributed by atoms with Gasteiger partial charge in [0.05, 0.1) is 5.56 Å². The molecule has 1 amide bonds. The van der Waals surface area contributed by atoms with Gasteiger partial charge in [0.1, 0.15) is 30.6 Å². The second kappa shape index (κ2) is 8.28. The summed E-state index contributed by atoms with van der Waals surface area (Å²) in [6.07, 6.45) is 0.466. The van der Waals surface area contributed by atoms with Crippen molar-refractivity contribution >= 4 is 17.4 Å². The molecule has 0 spiro atoms. The van der Waals surface area contributed by atoms with Crippen LogP contribution in [0.15, 0.2) is 43.2 Å². The van der Waals surface area contributed by atoms with Crippen molar-refractivity contribution in [2.75, 3.05) is 23.3 Å². The Morgan fingerprint density at radius 2 is 1.81 bits per heavy atom. The molecule has 3 heterocycles. The number of aromatic nitrogens is 5. The maximum Gasteiger partial charge on any atom is 0.419 e. The van der Waals surface area contributed by atoms with Gasteiger partial charge in [-0.3, -0.25) is 4.79 Å². The number of hydrogen-bond acceptors (Lipinski definition) is 6. The molecule has 0 bridgehead atoms. The molecular formula is C19H17F4N7O. The predicted molar refractivity (Wildman–Crippen MR) is 102 cm³/mol. The first-order valence-corrected chi connectivity index (χ1v) is 9.41. The molecule has 12 heteroatoms. The molecule has 0 saturated carbocycles. The highest BCUT2D eigenvalue weighted by molar-refractivity contribution is 5.92. The van der Waals surface area contributed by atoms with Gasteiger partial charge in [-0.1, -0.05) is 0 Å². The lowest BCUT2D eigenvalue weighted by Gasteiger charge is -2.32. The lowest BCUT2D eigenvalue weighted by molar-refractivity contribution is -0.140. The minimum atomic E-state index is -4.83. The van der Waals surface area contributed by atoms with Crippen LogP contribution in [-0.2, 0) is 11.0 Å². The summed E-state index contributed by atoms with van der Waals surface area (Å²) in [4.78, 5) is 26.8. The lowest BCUT2D eigenvalue weighted by Crippen LogP contribution is -2.38. The van der Waals surface area contributed by atoms with Crippen LogP contribution >= 0.6 is 0 Å². The summed E-state index contributed by atoms with van der Waals surface area (Å²) in [6.45, 7) is 1.06. The number of benzene rings is 1. The Labute approximate surface area is 173 Å². The number of rotatable bonds is 4. The van der Waals surface area contributed by atoms with Gasteiger partial charge in [-0.25, -0.2) is 24.0 Å². The summed E-state index contributed by atoms with van der Waals surface area (Å²) in [5, 5.41) is 6.49. The molecular weight excluding hydrogens is 418 g/mol. The molecule has 1 N–H and O–H groups in total. The summed E-state index contributed by atoms with van der Waals surface area (Å²) in [5.74, 6) is -0.932. The third kappa shape index (κ3) is 4.62. The summed E-state index contributed by atoms with van der Waals surface area (Å²) in [6, 6.07) is 4.17. The quantitative estimate of drug-likeness (QED) is 0.634. The van der Waals surface area contributed by atoms with Crippen molar-refractivity contribution in [3.8, 4) is 5.82 Å². The third-order valence-corrected chi connectivity index (χ3v) is 5.02. The highest BCUT2D eigenvalue weighted by Crippen LogP contribution is 2.33. The normalized spacial score (nSPS) is 15.2. The molecule has 0 atom stereocenters. The van der Waals surface area contributed by atoms with Crippen LogP contribution in [0.3, 0.4) is 0 Å². The summed E-state index contributed by atoms with van der Waals surface area (Å²) < 4.78 is 53.5. The van der Waals surface area contributed by atoms with Crippen LogP contribution in [0.5, 0.6) is 0 Å². The molecule has 0 radical (unpaired) electrons. The minimum Gasteiger partial charge on any atom is -0.356 e. The molecule has 1 fully saturated rings. The number of halogens is 4. The van der Waals surface area contributed by atoms with E-state index in [4.69, 9.17) is 0 Å². The number of nitrogens with zero attached hydrogens (tertiary/aromatic N) is 6. The minimum absolute atomic E-state index is 0.0885. The maximum atomic E-state index is 13.4. The van der Waals surface area contributed by atoms with E-state index in [9.17, 15) is 22.4 Å². The van der Waals surface area contributed by atoms with Gasteiger partial charge in [0.2, 0.25) is 5.91 Å². The Morgan fingerprint density at radius 1 is 1.06 bits per heavy atom. The van der Waals surface area contributed by atoms with Crippen molar-refractivity contribution in [2.24, 2.45) is 5.92 Å². The molecule has 3 aromatic rings. The first-order valence-electron chi connectivity index (χ1n) is 9.41. The standard InChI is InChI=1S/C19H17F4N7O/c20-15-2-1-13(7-14(15)19(21,22)23)28-18(31)12-3-5-29(6-4-12)16-8-17(26-10-25-16)30-11-24-9-27-30/h1-2,7-12H,3-6H2,(H,28,31). The highest BCUT2D eigenvalue weighted by atomic mass is 19.4. The molecule has 0 aliphatic carbocycles. The number of alkyl halides is 3. The van der Waals surface area contributed by atoms with Crippen molar-refractivity contribution in [3.63, 3.8) is 0 Å². The molecule has 4 rings (SSSR count). The molecule has 162 valence electrons. The third-order valence-electron chi connectivity index (χ3n) is 5.02. The fourth-order valence-electron chi connectivity index (χ4n) is 3.40. The van der Waals surface area contributed by atoms with Gasteiger partial charge < -0.3 is 10.2 Å². The number of piperidine rings is 1. The zero-order valence-corrected chi connectivity index (χ0v) is 16.1. The maximum absolute atomic E-state index is 13.4. The topological polar surface area (TPSA) is 88.8 Å². The smallest absolute Gasteiger partial charge is 0.356 e. The van der Waals surface area contributed by atoms with Crippen molar-refractivity contribution in [1.82, 2.24) is 24.7 Å². The van der Waals surface area contributed by atoms with Crippen molar-refractivity contribution in [2.45, 2.75) is 19.0 Å². The first-order chi connectivity index (χ1) is 14.8. The second-order valence-corrected chi connectivity index (χ2v) is 7.02. The van der Waals surface area contributed by atoms with E-state index in [-0.39, 0.29) is 11.6 Å². The van der Waals surface area contributed by atoms with Crippen LogP contribution in [0.4, 0.5) is 29.1 Å². The zero-order chi connectivity index (χ0) is 22.0. The van der Waals surface area contributed by atoms with Gasteiger partial charge in [-0.2, -0.15) is 18.3 Å². The number of anilines is 2. The molecule has 1 aliphatic rings. The molecule has 8 nitrogen and oxygen atoms in total. The fraction of sp³-hybridized carbons (Fsp3) is 0.316. The summed E-state index contributed by atoms with van der Waals surface area (Å²) in [5.41, 5.74) is -1.50. The molecule has 0 unspecified atom stereocenters. The monoisotopic (exact) mass is 435 g/mol. The van der Waals surface area contributed by atoms with Gasteiger partial charge >= 0.3 is 6.18 Å². The number of carbonyl (C=O) groups is 1. The van der Waals surface area contributed by atoms with E-state index in [1.165, 1.54) is 23.7 Å². The van der Waals surface area contributed by atoms with Crippen molar-refractivity contribution in [3.05, 3.63) is 54.6 Å². The van der Waals surface area contributed by atoms with Gasteiger partial charge in [-0.15, -0.1) is 0 Å². The van der Waals surface area contributed by atoms with Gasteiger partial charge in [0.25, 0.3) is 0 Å². The van der Waals surface area contributed by atoms with Crippen LogP contribution in [0.1, 0.15) is 18.4 Å². The number of hydrogen-bond donors (Lipinski definition) is 1. The summed E-state index contributed by atoms with van der Waals surface area (Å²) in [7, 11) is 0. The van der Waals surface area contributed by atoms with E-state index < -0.39 is 23.5 Å². The van der Waals surface area contributed by atoms with E-state index in [1.54, 1.807) is 6.07 Å². The Hall–Kier alpha value is -3.57. The first kappa shape index (κ1) is 20.7. The van der Waals surface area contributed by atoms with Crippen molar-refractivity contribution in [1.29, 1.82) is 0 Å². The SMILES string of the molecule is O=C(Nc1ccc(F)c(C(F)(F)F)c1)C1CCN(c2cc(-n3cncn3)ncn2)CC1. The lowest BCUT2D eigenvalue weighted by atomic mass is 9.95. The van der Waals surface area contributed by atoms with Crippen LogP contribution < -0.4 is 10.2 Å². The van der Waals surface area contributed by atoms with Gasteiger partial charge in [0, 0.05) is 30.8 Å². The fourth-order valence-corrected chi connectivity index (χ4v) is 3.40. The Morgan fingerprint density at radius 3 is 2.48 bits per heavy atom. The van der Waals surface area contributed by atoms with Crippen LogP contribution in [0, 0.1) is 11.7 Å².